The molecule has 0 atom stereocenters. The third-order valence-corrected chi connectivity index (χ3v) is 3.12. The highest BCUT2D eigenvalue weighted by Crippen LogP contribution is 2.28. The molecular weight excluding hydrogens is 273 g/mol. The predicted molar refractivity (Wildman–Crippen MR) is 71.4 cm³/mol. The van der Waals surface area contributed by atoms with E-state index in [-0.39, 0.29) is 11.3 Å². The van der Waals surface area contributed by atoms with Crippen LogP contribution < -0.4 is 4.74 Å². The Labute approximate surface area is 119 Å². The van der Waals surface area contributed by atoms with Gasteiger partial charge in [-0.05, 0) is 32.0 Å². The molecule has 0 amide bonds. The number of halogens is 1. The highest BCUT2D eigenvalue weighted by atomic mass is 19.1. The fourth-order valence-electron chi connectivity index (χ4n) is 1.88. The van der Waals surface area contributed by atoms with Gasteiger partial charge in [0.2, 0.25) is 5.88 Å². The second-order valence-electron chi connectivity index (χ2n) is 4.46. The molecule has 3 aromatic rings. The van der Waals surface area contributed by atoms with Crippen LogP contribution in [0.25, 0.3) is 5.78 Å². The number of aryl methyl sites for hydroxylation is 1. The van der Waals surface area contributed by atoms with Crippen LogP contribution in [0.5, 0.6) is 11.6 Å². The number of aromatic nitrogens is 4. The first-order chi connectivity index (χ1) is 10.1. The van der Waals surface area contributed by atoms with Gasteiger partial charge in [-0.15, -0.1) is 0 Å². The lowest BCUT2D eigenvalue weighted by atomic mass is 10.2. The summed E-state index contributed by atoms with van der Waals surface area (Å²) in [5.41, 5.74) is 1.68. The molecule has 104 valence electrons. The number of benzene rings is 1. The molecule has 0 spiro atoms. The zero-order valence-electron chi connectivity index (χ0n) is 11.3. The van der Waals surface area contributed by atoms with Gasteiger partial charge in [0.1, 0.15) is 6.33 Å². The minimum Gasteiger partial charge on any atom is -0.435 e. The van der Waals surface area contributed by atoms with E-state index in [1.165, 1.54) is 23.0 Å². The standard InChI is InChI=1S/C14H10FN5O/c1-8-9(2)19-14-17-7-18-20(14)13(8)21-12-4-3-10(6-16)5-11(12)15/h3-5,7H,1-2H3. The Morgan fingerprint density at radius 2 is 2.14 bits per heavy atom. The first kappa shape index (κ1) is 13.0. The number of ether oxygens (including phenoxy) is 1. The van der Waals surface area contributed by atoms with Gasteiger partial charge >= 0.3 is 0 Å². The topological polar surface area (TPSA) is 76.1 Å². The van der Waals surface area contributed by atoms with Crippen molar-refractivity contribution in [3.63, 3.8) is 0 Å². The van der Waals surface area contributed by atoms with Crippen molar-refractivity contribution in [2.24, 2.45) is 0 Å². The summed E-state index contributed by atoms with van der Waals surface area (Å²) in [7, 11) is 0. The first-order valence-electron chi connectivity index (χ1n) is 6.14. The summed E-state index contributed by atoms with van der Waals surface area (Å²) in [6.07, 6.45) is 1.35. The van der Waals surface area contributed by atoms with Crippen LogP contribution in [0.15, 0.2) is 24.5 Å². The van der Waals surface area contributed by atoms with Gasteiger partial charge in [-0.3, -0.25) is 0 Å². The zero-order chi connectivity index (χ0) is 15.0. The third kappa shape index (κ3) is 2.17. The molecular formula is C14H10FN5O. The van der Waals surface area contributed by atoms with Crippen LogP contribution in [-0.4, -0.2) is 19.6 Å². The Morgan fingerprint density at radius 1 is 1.33 bits per heavy atom. The van der Waals surface area contributed by atoms with Crippen molar-refractivity contribution >= 4 is 5.78 Å². The quantitative estimate of drug-likeness (QED) is 0.722. The lowest BCUT2D eigenvalue weighted by Gasteiger charge is -2.11. The molecule has 0 bridgehead atoms. The van der Waals surface area contributed by atoms with Crippen molar-refractivity contribution in [1.29, 1.82) is 5.26 Å². The Morgan fingerprint density at radius 3 is 2.86 bits per heavy atom. The molecule has 0 aliphatic carbocycles. The van der Waals surface area contributed by atoms with Gasteiger partial charge in [0.25, 0.3) is 5.78 Å². The van der Waals surface area contributed by atoms with Crippen molar-refractivity contribution in [2.75, 3.05) is 0 Å². The number of hydrogen-bond donors (Lipinski definition) is 0. The molecule has 2 heterocycles. The largest absolute Gasteiger partial charge is 0.435 e. The van der Waals surface area contributed by atoms with Gasteiger partial charge in [-0.25, -0.2) is 9.37 Å². The Bertz CT molecular complexity index is 881. The molecule has 6 nitrogen and oxygen atoms in total. The van der Waals surface area contributed by atoms with Crippen LogP contribution in [-0.2, 0) is 0 Å². The maximum Gasteiger partial charge on any atom is 0.255 e. The fraction of sp³-hybridized carbons (Fsp3) is 0.143. The normalized spacial score (nSPS) is 10.6. The fourth-order valence-corrected chi connectivity index (χ4v) is 1.88. The summed E-state index contributed by atoms with van der Waals surface area (Å²) in [5.74, 6) is 0.122. The Balaban J connectivity index is 2.12. The molecule has 0 fully saturated rings. The van der Waals surface area contributed by atoms with Crippen molar-refractivity contribution in [3.8, 4) is 17.7 Å². The van der Waals surface area contributed by atoms with E-state index in [1.807, 2.05) is 13.0 Å². The molecule has 0 aliphatic heterocycles. The Kier molecular flexibility index (Phi) is 2.99. The smallest absolute Gasteiger partial charge is 0.255 e. The molecule has 1 aromatic carbocycles. The summed E-state index contributed by atoms with van der Waals surface area (Å²) in [4.78, 5) is 8.26. The van der Waals surface area contributed by atoms with Crippen molar-refractivity contribution in [2.45, 2.75) is 13.8 Å². The second-order valence-corrected chi connectivity index (χ2v) is 4.46. The third-order valence-electron chi connectivity index (χ3n) is 3.12. The van der Waals surface area contributed by atoms with E-state index >= 15 is 0 Å². The highest BCUT2D eigenvalue weighted by molar-refractivity contribution is 5.43. The molecule has 0 aliphatic rings. The van der Waals surface area contributed by atoms with Gasteiger partial charge < -0.3 is 4.74 Å². The molecule has 2 aromatic heterocycles. The molecule has 0 N–H and O–H groups in total. The van der Waals surface area contributed by atoms with Crippen LogP contribution in [0.3, 0.4) is 0 Å². The maximum absolute atomic E-state index is 13.9. The van der Waals surface area contributed by atoms with Crippen molar-refractivity contribution < 1.29 is 9.13 Å². The number of fused-ring (bicyclic) bond motifs is 1. The zero-order valence-corrected chi connectivity index (χ0v) is 11.3. The summed E-state index contributed by atoms with van der Waals surface area (Å²) in [6.45, 7) is 3.62. The SMILES string of the molecule is Cc1nc2ncnn2c(Oc2ccc(C#N)cc2F)c1C. The average Bonchev–Trinajstić information content (AvgIpc) is 2.93. The molecule has 21 heavy (non-hydrogen) atoms. The monoisotopic (exact) mass is 283 g/mol. The summed E-state index contributed by atoms with van der Waals surface area (Å²) >= 11 is 0. The minimum atomic E-state index is -0.615. The predicted octanol–water partition coefficient (Wildman–Crippen LogP) is 2.54. The average molecular weight is 283 g/mol. The molecule has 0 unspecified atom stereocenters. The number of nitriles is 1. The van der Waals surface area contributed by atoms with E-state index < -0.39 is 5.82 Å². The van der Waals surface area contributed by atoms with Gasteiger partial charge in [0.05, 0.1) is 11.6 Å². The van der Waals surface area contributed by atoms with Crippen molar-refractivity contribution in [1.82, 2.24) is 19.6 Å². The molecule has 3 rings (SSSR count). The van der Waals surface area contributed by atoms with Crippen LogP contribution in [0, 0.1) is 31.0 Å². The van der Waals surface area contributed by atoms with E-state index in [9.17, 15) is 4.39 Å². The summed E-state index contributed by atoms with van der Waals surface area (Å²) in [6, 6.07) is 5.89. The van der Waals surface area contributed by atoms with E-state index in [1.54, 1.807) is 6.92 Å². The lowest BCUT2D eigenvalue weighted by Crippen LogP contribution is -2.04. The van der Waals surface area contributed by atoms with Gasteiger partial charge in [0, 0.05) is 11.3 Å². The van der Waals surface area contributed by atoms with Crippen LogP contribution in [0.4, 0.5) is 4.39 Å². The highest BCUT2D eigenvalue weighted by Gasteiger charge is 2.15. The maximum atomic E-state index is 13.9. The second kappa shape index (κ2) is 4.83. The van der Waals surface area contributed by atoms with Gasteiger partial charge in [-0.1, -0.05) is 0 Å². The summed E-state index contributed by atoms with van der Waals surface area (Å²) in [5, 5.41) is 12.8. The van der Waals surface area contributed by atoms with Gasteiger partial charge in [-0.2, -0.15) is 19.9 Å². The number of rotatable bonds is 2. The Hall–Kier alpha value is -3.01. The summed E-state index contributed by atoms with van der Waals surface area (Å²) < 4.78 is 21.0. The van der Waals surface area contributed by atoms with Crippen LogP contribution >= 0.6 is 0 Å². The van der Waals surface area contributed by atoms with E-state index in [4.69, 9.17) is 10.00 Å². The molecule has 0 radical (unpaired) electrons. The van der Waals surface area contributed by atoms with Gasteiger partial charge in [0.15, 0.2) is 11.6 Å². The van der Waals surface area contributed by atoms with Crippen LogP contribution in [0.2, 0.25) is 0 Å². The molecule has 0 saturated heterocycles. The van der Waals surface area contributed by atoms with Crippen molar-refractivity contribution in [3.05, 3.63) is 47.2 Å². The molecule has 0 saturated carbocycles. The first-order valence-corrected chi connectivity index (χ1v) is 6.14. The number of hydrogen-bond acceptors (Lipinski definition) is 5. The van der Waals surface area contributed by atoms with Crippen LogP contribution in [0.1, 0.15) is 16.8 Å². The van der Waals surface area contributed by atoms with E-state index in [2.05, 4.69) is 15.1 Å². The molecule has 7 heteroatoms. The van der Waals surface area contributed by atoms with E-state index in [0.717, 1.165) is 17.3 Å². The van der Waals surface area contributed by atoms with E-state index in [0.29, 0.717) is 11.7 Å². The lowest BCUT2D eigenvalue weighted by molar-refractivity contribution is 0.411. The minimum absolute atomic E-state index is 0.0134. The number of nitrogens with zero attached hydrogens (tertiary/aromatic N) is 5.